The number of aliphatic hydroxyl groups is 1. The van der Waals surface area contributed by atoms with Crippen LogP contribution in [-0.4, -0.2) is 23.9 Å². The van der Waals surface area contributed by atoms with Crippen molar-refractivity contribution in [3.05, 3.63) is 0 Å². The van der Waals surface area contributed by atoms with Crippen LogP contribution in [0.4, 0.5) is 0 Å². The molecule has 0 saturated heterocycles. The van der Waals surface area contributed by atoms with Gasteiger partial charge in [-0.25, -0.2) is 0 Å². The highest BCUT2D eigenvalue weighted by Crippen LogP contribution is 2.62. The minimum Gasteiger partial charge on any atom is -0.389 e. The molecule has 0 radical (unpaired) electrons. The van der Waals surface area contributed by atoms with E-state index in [-0.39, 0.29) is 5.60 Å². The van der Waals surface area contributed by atoms with Crippen LogP contribution in [0.15, 0.2) is 0 Å². The maximum absolute atomic E-state index is 10.2. The summed E-state index contributed by atoms with van der Waals surface area (Å²) in [5.74, 6) is 1.29. The van der Waals surface area contributed by atoms with Gasteiger partial charge in [0.25, 0.3) is 0 Å². The Labute approximate surface area is 80.3 Å². The van der Waals surface area contributed by atoms with Crippen LogP contribution in [0, 0.1) is 11.8 Å². The Morgan fingerprint density at radius 1 is 1.38 bits per heavy atom. The molecule has 0 spiro atoms. The second-order valence-corrected chi connectivity index (χ2v) is 4.44. The highest BCUT2D eigenvalue weighted by atomic mass is 16.5. The van der Waals surface area contributed by atoms with Crippen molar-refractivity contribution in [3.63, 3.8) is 0 Å². The fourth-order valence-electron chi connectivity index (χ4n) is 3.02. The number of hydrogen-bond acceptors (Lipinski definition) is 2. The number of fused-ring (bicyclic) bond motifs is 1. The monoisotopic (exact) mass is 184 g/mol. The summed E-state index contributed by atoms with van der Waals surface area (Å²) in [6, 6.07) is 0. The smallest absolute Gasteiger partial charge is 0.0712 e. The van der Waals surface area contributed by atoms with Crippen LogP contribution in [0.5, 0.6) is 0 Å². The Kier molecular flexibility index (Phi) is 2.61. The molecule has 2 fully saturated rings. The summed E-state index contributed by atoms with van der Waals surface area (Å²) in [7, 11) is 0. The van der Waals surface area contributed by atoms with E-state index in [0.29, 0.717) is 11.8 Å². The zero-order valence-electron chi connectivity index (χ0n) is 8.46. The lowest BCUT2D eigenvalue weighted by molar-refractivity contribution is 0.0747. The largest absolute Gasteiger partial charge is 0.389 e. The van der Waals surface area contributed by atoms with Crippen LogP contribution in [0.3, 0.4) is 0 Å². The lowest BCUT2D eigenvalue weighted by Crippen LogP contribution is -2.16. The van der Waals surface area contributed by atoms with Crippen molar-refractivity contribution in [3.8, 4) is 0 Å². The first-order valence-electron chi connectivity index (χ1n) is 5.59. The average molecular weight is 184 g/mol. The molecule has 1 N–H and O–H groups in total. The zero-order chi connectivity index (χ0) is 9.31. The molecule has 2 unspecified atom stereocenters. The van der Waals surface area contributed by atoms with Crippen molar-refractivity contribution in [1.29, 1.82) is 0 Å². The highest BCUT2D eigenvalue weighted by Gasteiger charge is 2.64. The second-order valence-electron chi connectivity index (χ2n) is 4.44. The molecular formula is C11H20O2. The van der Waals surface area contributed by atoms with Gasteiger partial charge in [-0.05, 0) is 44.4 Å². The van der Waals surface area contributed by atoms with Crippen molar-refractivity contribution in [2.45, 2.75) is 44.6 Å². The fraction of sp³-hybridized carbons (Fsp3) is 1.00. The van der Waals surface area contributed by atoms with Crippen LogP contribution in [0.1, 0.15) is 39.0 Å². The fourth-order valence-corrected chi connectivity index (χ4v) is 3.02. The first-order chi connectivity index (χ1) is 6.29. The van der Waals surface area contributed by atoms with E-state index in [1.165, 1.54) is 19.3 Å². The molecule has 0 aromatic heterocycles. The van der Waals surface area contributed by atoms with Crippen LogP contribution in [0.25, 0.3) is 0 Å². The van der Waals surface area contributed by atoms with Gasteiger partial charge in [-0.15, -0.1) is 0 Å². The van der Waals surface area contributed by atoms with Crippen LogP contribution in [0.2, 0.25) is 0 Å². The van der Waals surface area contributed by atoms with Crippen molar-refractivity contribution in [2.75, 3.05) is 13.2 Å². The maximum Gasteiger partial charge on any atom is 0.0712 e. The van der Waals surface area contributed by atoms with E-state index in [4.69, 9.17) is 4.74 Å². The second kappa shape index (κ2) is 3.58. The normalized spacial score (nSPS) is 42.0. The first-order valence-corrected chi connectivity index (χ1v) is 5.59. The van der Waals surface area contributed by atoms with Crippen molar-refractivity contribution >= 4 is 0 Å². The summed E-state index contributed by atoms with van der Waals surface area (Å²) in [5.41, 5.74) is -0.269. The van der Waals surface area contributed by atoms with Crippen molar-refractivity contribution in [2.24, 2.45) is 11.8 Å². The summed E-state index contributed by atoms with van der Waals surface area (Å²) < 4.78 is 5.27. The van der Waals surface area contributed by atoms with E-state index in [9.17, 15) is 5.11 Å². The van der Waals surface area contributed by atoms with Crippen LogP contribution >= 0.6 is 0 Å². The summed E-state index contributed by atoms with van der Waals surface area (Å²) in [5, 5.41) is 10.2. The third-order valence-corrected chi connectivity index (χ3v) is 3.76. The minimum atomic E-state index is -0.269. The van der Waals surface area contributed by atoms with Gasteiger partial charge in [0.1, 0.15) is 0 Å². The number of ether oxygens (including phenoxy) is 1. The van der Waals surface area contributed by atoms with E-state index >= 15 is 0 Å². The Hall–Kier alpha value is -0.0800. The Balaban J connectivity index is 1.66. The molecule has 0 heterocycles. The molecule has 0 bridgehead atoms. The molecule has 0 aromatic carbocycles. The Morgan fingerprint density at radius 2 is 2.08 bits per heavy atom. The van der Waals surface area contributed by atoms with E-state index in [0.717, 1.165) is 26.1 Å². The van der Waals surface area contributed by atoms with E-state index < -0.39 is 0 Å². The van der Waals surface area contributed by atoms with Crippen LogP contribution < -0.4 is 0 Å². The van der Waals surface area contributed by atoms with Gasteiger partial charge >= 0.3 is 0 Å². The molecule has 76 valence electrons. The van der Waals surface area contributed by atoms with E-state index in [1.54, 1.807) is 0 Å². The van der Waals surface area contributed by atoms with Gasteiger partial charge in [0.2, 0.25) is 0 Å². The third-order valence-electron chi connectivity index (χ3n) is 3.76. The van der Waals surface area contributed by atoms with Gasteiger partial charge in [0, 0.05) is 13.2 Å². The molecule has 2 atom stereocenters. The SMILES string of the molecule is CCOCCCC1(O)C2CCCC21. The van der Waals surface area contributed by atoms with Gasteiger partial charge in [-0.3, -0.25) is 0 Å². The predicted molar refractivity (Wildman–Crippen MR) is 51.5 cm³/mol. The zero-order valence-corrected chi connectivity index (χ0v) is 8.46. The molecule has 0 aromatic rings. The molecule has 2 nitrogen and oxygen atoms in total. The predicted octanol–water partition coefficient (Wildman–Crippen LogP) is 1.96. The molecule has 0 aliphatic heterocycles. The van der Waals surface area contributed by atoms with Gasteiger partial charge < -0.3 is 9.84 Å². The molecule has 2 heteroatoms. The van der Waals surface area contributed by atoms with E-state index in [2.05, 4.69) is 0 Å². The molecule has 2 aliphatic rings. The number of rotatable bonds is 5. The van der Waals surface area contributed by atoms with Crippen molar-refractivity contribution in [1.82, 2.24) is 0 Å². The van der Waals surface area contributed by atoms with Gasteiger partial charge in [-0.2, -0.15) is 0 Å². The Bertz CT molecular complexity index is 169. The van der Waals surface area contributed by atoms with Gasteiger partial charge in [-0.1, -0.05) is 6.42 Å². The summed E-state index contributed by atoms with van der Waals surface area (Å²) >= 11 is 0. The standard InChI is InChI=1S/C11H20O2/c1-2-13-8-4-7-11(12)9-5-3-6-10(9)11/h9-10,12H,2-8H2,1H3. The van der Waals surface area contributed by atoms with Gasteiger partial charge in [0.05, 0.1) is 5.60 Å². The number of hydrogen-bond donors (Lipinski definition) is 1. The molecule has 2 rings (SSSR count). The summed E-state index contributed by atoms with van der Waals surface area (Å²) in [4.78, 5) is 0. The summed E-state index contributed by atoms with van der Waals surface area (Å²) in [6.45, 7) is 3.63. The lowest BCUT2D eigenvalue weighted by atomic mass is 10.0. The topological polar surface area (TPSA) is 29.5 Å². The van der Waals surface area contributed by atoms with E-state index in [1.807, 2.05) is 6.92 Å². The summed E-state index contributed by atoms with van der Waals surface area (Å²) in [6.07, 6.45) is 5.84. The maximum atomic E-state index is 10.2. The quantitative estimate of drug-likeness (QED) is 0.662. The Morgan fingerprint density at radius 3 is 2.69 bits per heavy atom. The van der Waals surface area contributed by atoms with Crippen molar-refractivity contribution < 1.29 is 9.84 Å². The minimum absolute atomic E-state index is 0.269. The molecule has 13 heavy (non-hydrogen) atoms. The third kappa shape index (κ3) is 1.62. The first kappa shape index (κ1) is 9.47. The molecule has 0 amide bonds. The lowest BCUT2D eigenvalue weighted by Gasteiger charge is -2.13. The van der Waals surface area contributed by atoms with Crippen LogP contribution in [-0.2, 0) is 4.74 Å². The van der Waals surface area contributed by atoms with Gasteiger partial charge in [0.15, 0.2) is 0 Å². The molecule has 2 aliphatic carbocycles. The highest BCUT2D eigenvalue weighted by molar-refractivity contribution is 5.14. The molecule has 2 saturated carbocycles. The molecular weight excluding hydrogens is 164 g/mol. The average Bonchev–Trinajstić information content (AvgIpc) is 2.57.